The molecule has 4 heterocycles. The highest BCUT2D eigenvalue weighted by atomic mass is 16.5. The zero-order valence-corrected chi connectivity index (χ0v) is 20.0. The first kappa shape index (κ1) is 22.3. The van der Waals surface area contributed by atoms with Crippen molar-refractivity contribution < 1.29 is 9.84 Å². The Labute approximate surface area is 210 Å². The molecule has 0 amide bonds. The Kier molecular flexibility index (Phi) is 5.11. The van der Waals surface area contributed by atoms with Gasteiger partial charge in [-0.25, -0.2) is 19.2 Å². The number of phenolic OH excluding ortho intramolecular Hbond substituents is 1. The summed E-state index contributed by atoms with van der Waals surface area (Å²) in [6, 6.07) is 16.0. The summed E-state index contributed by atoms with van der Waals surface area (Å²) in [5.41, 5.74) is 9.58. The number of para-hydroxylation sites is 1. The number of aromatic nitrogens is 7. The Hall–Kier alpha value is -5.19. The highest BCUT2D eigenvalue weighted by Gasteiger charge is 2.21. The maximum Gasteiger partial charge on any atom is 0.282 e. The Morgan fingerprint density at radius 2 is 1.86 bits per heavy atom. The van der Waals surface area contributed by atoms with Crippen LogP contribution in [-0.4, -0.2) is 46.1 Å². The lowest BCUT2D eigenvalue weighted by molar-refractivity contribution is 0.408. The SMILES string of the molecule is COc1cc(O)cc(-c2nn(Cc3nn4ccc(C)c4c(=O)n3-c3ccccc3)c3ncnc(N)c23)c1. The first-order valence-corrected chi connectivity index (χ1v) is 11.5. The third-order valence-corrected chi connectivity index (χ3v) is 6.22. The summed E-state index contributed by atoms with van der Waals surface area (Å²) in [6.45, 7) is 1.99. The molecule has 0 aliphatic carbocycles. The summed E-state index contributed by atoms with van der Waals surface area (Å²) in [5.74, 6) is 1.15. The summed E-state index contributed by atoms with van der Waals surface area (Å²) in [7, 11) is 1.51. The van der Waals surface area contributed by atoms with Gasteiger partial charge in [0.1, 0.15) is 41.4 Å². The fourth-order valence-corrected chi connectivity index (χ4v) is 4.52. The third kappa shape index (κ3) is 3.64. The van der Waals surface area contributed by atoms with E-state index in [9.17, 15) is 9.90 Å². The maximum absolute atomic E-state index is 13.7. The molecule has 4 aromatic heterocycles. The van der Waals surface area contributed by atoms with E-state index in [-0.39, 0.29) is 23.7 Å². The Bertz CT molecular complexity index is 1850. The van der Waals surface area contributed by atoms with Gasteiger partial charge in [0, 0.05) is 17.8 Å². The summed E-state index contributed by atoms with van der Waals surface area (Å²) in [6.07, 6.45) is 3.12. The van der Waals surface area contributed by atoms with E-state index in [2.05, 4.69) is 9.97 Å². The van der Waals surface area contributed by atoms with Crippen LogP contribution in [0.1, 0.15) is 11.4 Å². The largest absolute Gasteiger partial charge is 0.508 e. The second kappa shape index (κ2) is 8.48. The van der Waals surface area contributed by atoms with Crippen LogP contribution >= 0.6 is 0 Å². The number of nitrogen functional groups attached to an aromatic ring is 1. The summed E-state index contributed by atoms with van der Waals surface area (Å²) < 4.78 is 10.1. The van der Waals surface area contributed by atoms with E-state index in [1.807, 2.05) is 43.3 Å². The van der Waals surface area contributed by atoms with Gasteiger partial charge >= 0.3 is 0 Å². The average molecular weight is 495 g/mol. The normalized spacial score (nSPS) is 11.4. The molecular formula is C26H22N8O3. The fourth-order valence-electron chi connectivity index (χ4n) is 4.52. The monoisotopic (exact) mass is 494 g/mol. The van der Waals surface area contributed by atoms with E-state index in [1.54, 1.807) is 32.1 Å². The standard InChI is InChI=1S/C26H22N8O3/c1-15-8-9-32-23(15)26(36)34(17-6-4-3-5-7-17)20(30-32)13-33-25-21(24(27)28-14-29-25)22(31-33)16-10-18(35)12-19(11-16)37-2/h3-12,14,35H,13H2,1-2H3,(H2,27,28,29). The fraction of sp³-hybridized carbons (Fsp3) is 0.115. The van der Waals surface area contributed by atoms with Gasteiger partial charge in [0.15, 0.2) is 11.5 Å². The number of hydrogen-bond acceptors (Lipinski definition) is 8. The van der Waals surface area contributed by atoms with E-state index in [1.165, 1.54) is 19.5 Å². The predicted molar refractivity (Wildman–Crippen MR) is 138 cm³/mol. The van der Waals surface area contributed by atoms with Crippen LogP contribution in [0.5, 0.6) is 11.5 Å². The number of fused-ring (bicyclic) bond motifs is 2. The lowest BCUT2D eigenvalue weighted by Crippen LogP contribution is -2.28. The minimum absolute atomic E-state index is 0.0143. The number of hydrogen-bond donors (Lipinski definition) is 2. The number of aromatic hydroxyl groups is 1. The molecule has 2 aromatic carbocycles. The highest BCUT2D eigenvalue weighted by Crippen LogP contribution is 2.34. The molecule has 0 fully saturated rings. The van der Waals surface area contributed by atoms with Crippen molar-refractivity contribution >= 4 is 22.4 Å². The Morgan fingerprint density at radius 1 is 1.05 bits per heavy atom. The second-order valence-electron chi connectivity index (χ2n) is 8.57. The molecule has 11 heteroatoms. The number of methoxy groups -OCH3 is 1. The van der Waals surface area contributed by atoms with Gasteiger partial charge in [-0.05, 0) is 42.8 Å². The molecule has 184 valence electrons. The van der Waals surface area contributed by atoms with Crippen molar-refractivity contribution in [3.63, 3.8) is 0 Å². The molecule has 0 aliphatic heterocycles. The van der Waals surface area contributed by atoms with Gasteiger partial charge in [-0.1, -0.05) is 18.2 Å². The molecule has 3 N–H and O–H groups in total. The molecule has 0 saturated carbocycles. The number of phenols is 1. The van der Waals surface area contributed by atoms with Gasteiger partial charge in [0.2, 0.25) is 0 Å². The van der Waals surface area contributed by atoms with Gasteiger partial charge < -0.3 is 15.6 Å². The molecule has 0 spiro atoms. The first-order chi connectivity index (χ1) is 17.9. The number of nitrogens with zero attached hydrogens (tertiary/aromatic N) is 7. The smallest absolute Gasteiger partial charge is 0.282 e. The first-order valence-electron chi connectivity index (χ1n) is 11.5. The van der Waals surface area contributed by atoms with Crippen LogP contribution in [0.15, 0.2) is 71.9 Å². The molecule has 0 radical (unpaired) electrons. The lowest BCUT2D eigenvalue weighted by atomic mass is 10.1. The number of nitrogens with two attached hydrogens (primary N) is 1. The van der Waals surface area contributed by atoms with Crippen molar-refractivity contribution in [2.24, 2.45) is 0 Å². The Morgan fingerprint density at radius 3 is 2.65 bits per heavy atom. The summed E-state index contributed by atoms with van der Waals surface area (Å²) >= 11 is 0. The van der Waals surface area contributed by atoms with Crippen molar-refractivity contribution in [3.8, 4) is 28.4 Å². The molecule has 37 heavy (non-hydrogen) atoms. The molecule has 6 rings (SSSR count). The van der Waals surface area contributed by atoms with E-state index in [0.717, 1.165) is 5.56 Å². The minimum Gasteiger partial charge on any atom is -0.508 e. The highest BCUT2D eigenvalue weighted by molar-refractivity contribution is 5.98. The molecule has 0 unspecified atom stereocenters. The van der Waals surface area contributed by atoms with Crippen LogP contribution in [0.4, 0.5) is 5.82 Å². The molecular weight excluding hydrogens is 472 g/mol. The van der Waals surface area contributed by atoms with E-state index in [4.69, 9.17) is 20.7 Å². The van der Waals surface area contributed by atoms with Crippen molar-refractivity contribution in [2.45, 2.75) is 13.5 Å². The van der Waals surface area contributed by atoms with Crippen LogP contribution in [-0.2, 0) is 6.54 Å². The van der Waals surface area contributed by atoms with Crippen molar-refractivity contribution in [3.05, 3.63) is 88.9 Å². The van der Waals surface area contributed by atoms with Crippen LogP contribution < -0.4 is 16.0 Å². The lowest BCUT2D eigenvalue weighted by Gasteiger charge is -2.13. The van der Waals surface area contributed by atoms with E-state index in [0.29, 0.717) is 45.1 Å². The van der Waals surface area contributed by atoms with Gasteiger partial charge in [-0.3, -0.25) is 9.36 Å². The molecule has 0 aliphatic rings. The molecule has 0 atom stereocenters. The topological polar surface area (TPSA) is 138 Å². The van der Waals surface area contributed by atoms with E-state index < -0.39 is 0 Å². The van der Waals surface area contributed by atoms with Gasteiger partial charge in [-0.2, -0.15) is 10.2 Å². The summed E-state index contributed by atoms with van der Waals surface area (Å²) in [5, 5.41) is 20.3. The molecule has 6 aromatic rings. The van der Waals surface area contributed by atoms with Crippen LogP contribution in [0.3, 0.4) is 0 Å². The Balaban J connectivity index is 1.59. The van der Waals surface area contributed by atoms with Crippen LogP contribution in [0, 0.1) is 6.92 Å². The number of rotatable bonds is 5. The number of aryl methyl sites for hydroxylation is 1. The van der Waals surface area contributed by atoms with E-state index >= 15 is 0 Å². The maximum atomic E-state index is 13.7. The van der Waals surface area contributed by atoms with Crippen LogP contribution in [0.2, 0.25) is 0 Å². The second-order valence-corrected chi connectivity index (χ2v) is 8.57. The molecule has 0 saturated heterocycles. The van der Waals surface area contributed by atoms with Crippen LogP contribution in [0.25, 0.3) is 33.5 Å². The van der Waals surface area contributed by atoms with Gasteiger partial charge in [0.05, 0.1) is 18.2 Å². The average Bonchev–Trinajstić information content (AvgIpc) is 3.46. The van der Waals surface area contributed by atoms with Gasteiger partial charge in [0.25, 0.3) is 5.56 Å². The molecule has 11 nitrogen and oxygen atoms in total. The zero-order chi connectivity index (χ0) is 25.7. The third-order valence-electron chi connectivity index (χ3n) is 6.22. The van der Waals surface area contributed by atoms with Crippen molar-refractivity contribution in [1.29, 1.82) is 0 Å². The summed E-state index contributed by atoms with van der Waals surface area (Å²) in [4.78, 5) is 22.2. The number of anilines is 1. The zero-order valence-electron chi connectivity index (χ0n) is 20.0. The minimum atomic E-state index is -0.192. The molecule has 0 bridgehead atoms. The van der Waals surface area contributed by atoms with Crippen molar-refractivity contribution in [2.75, 3.05) is 12.8 Å². The predicted octanol–water partition coefficient (Wildman–Crippen LogP) is 2.95. The number of ether oxygens (including phenoxy) is 1. The quantitative estimate of drug-likeness (QED) is 0.373. The van der Waals surface area contributed by atoms with Gasteiger partial charge in [-0.15, -0.1) is 0 Å². The number of benzene rings is 2. The van der Waals surface area contributed by atoms with Crippen molar-refractivity contribution in [1.82, 2.24) is 33.9 Å².